The maximum absolute atomic E-state index is 12.3. The second kappa shape index (κ2) is 5.91. The zero-order valence-corrected chi connectivity index (χ0v) is 10.6. The van der Waals surface area contributed by atoms with E-state index >= 15 is 0 Å². The first-order valence-corrected chi connectivity index (χ1v) is 6.50. The van der Waals surface area contributed by atoms with Crippen molar-refractivity contribution in [1.29, 1.82) is 0 Å². The van der Waals surface area contributed by atoms with Crippen molar-refractivity contribution >= 4 is 5.91 Å². The molecule has 1 amide bonds. The third-order valence-corrected chi connectivity index (χ3v) is 3.76. The molecule has 0 spiro atoms. The molecule has 3 N–H and O–H groups in total. The minimum Gasteiger partial charge on any atom is -0.350 e. The molecule has 5 heteroatoms. The van der Waals surface area contributed by atoms with Gasteiger partial charge in [0, 0.05) is 12.7 Å². The highest BCUT2D eigenvalue weighted by Crippen LogP contribution is 2.35. The Morgan fingerprint density at radius 3 is 2.78 bits per heavy atom. The molecule has 0 atom stereocenters. The standard InChI is InChI=1S/C13H20N4O/c14-9-13(5-2-1-3-6-13)12(18)16-8-11-4-7-15-10-17-11/h4,7,10H,1-3,5-6,8-9,14H2,(H,16,18). The van der Waals surface area contributed by atoms with Gasteiger partial charge in [-0.1, -0.05) is 19.3 Å². The smallest absolute Gasteiger partial charge is 0.227 e. The van der Waals surface area contributed by atoms with Gasteiger partial charge in [-0.15, -0.1) is 0 Å². The third-order valence-electron chi connectivity index (χ3n) is 3.76. The van der Waals surface area contributed by atoms with Gasteiger partial charge in [-0.25, -0.2) is 9.97 Å². The van der Waals surface area contributed by atoms with E-state index in [1.807, 2.05) is 0 Å². The van der Waals surface area contributed by atoms with Gasteiger partial charge >= 0.3 is 0 Å². The number of aromatic nitrogens is 2. The highest BCUT2D eigenvalue weighted by atomic mass is 16.2. The highest BCUT2D eigenvalue weighted by molar-refractivity contribution is 5.82. The van der Waals surface area contributed by atoms with Gasteiger partial charge < -0.3 is 11.1 Å². The number of hydrogen-bond acceptors (Lipinski definition) is 4. The molecule has 0 bridgehead atoms. The maximum Gasteiger partial charge on any atom is 0.227 e. The fourth-order valence-electron chi connectivity index (χ4n) is 2.53. The van der Waals surface area contributed by atoms with Gasteiger partial charge in [0.2, 0.25) is 5.91 Å². The largest absolute Gasteiger partial charge is 0.350 e. The summed E-state index contributed by atoms with van der Waals surface area (Å²) in [5.41, 5.74) is 6.29. The Bertz CT molecular complexity index is 387. The van der Waals surface area contributed by atoms with E-state index in [2.05, 4.69) is 15.3 Å². The predicted molar refractivity (Wildman–Crippen MR) is 68.5 cm³/mol. The second-order valence-corrected chi connectivity index (χ2v) is 4.93. The van der Waals surface area contributed by atoms with Crippen LogP contribution in [-0.2, 0) is 11.3 Å². The quantitative estimate of drug-likeness (QED) is 0.833. The highest BCUT2D eigenvalue weighted by Gasteiger charge is 2.37. The van der Waals surface area contributed by atoms with Crippen molar-refractivity contribution in [2.75, 3.05) is 6.54 Å². The molecule has 1 fully saturated rings. The van der Waals surface area contributed by atoms with Gasteiger partial charge in [0.1, 0.15) is 6.33 Å². The van der Waals surface area contributed by atoms with Gasteiger partial charge in [-0.2, -0.15) is 0 Å². The van der Waals surface area contributed by atoms with Crippen molar-refractivity contribution in [3.8, 4) is 0 Å². The van der Waals surface area contributed by atoms with Crippen LogP contribution in [0.2, 0.25) is 0 Å². The minimum absolute atomic E-state index is 0.0725. The van der Waals surface area contributed by atoms with E-state index in [9.17, 15) is 4.79 Å². The summed E-state index contributed by atoms with van der Waals surface area (Å²) in [4.78, 5) is 20.2. The van der Waals surface area contributed by atoms with E-state index in [0.29, 0.717) is 13.1 Å². The Labute approximate surface area is 107 Å². The van der Waals surface area contributed by atoms with Crippen LogP contribution in [0.3, 0.4) is 0 Å². The van der Waals surface area contributed by atoms with Crippen LogP contribution >= 0.6 is 0 Å². The van der Waals surface area contributed by atoms with Crippen molar-refractivity contribution in [3.63, 3.8) is 0 Å². The number of nitrogens with two attached hydrogens (primary N) is 1. The van der Waals surface area contributed by atoms with Crippen LogP contribution in [0, 0.1) is 5.41 Å². The Kier molecular flexibility index (Phi) is 4.25. The number of carbonyl (C=O) groups is 1. The van der Waals surface area contributed by atoms with E-state index < -0.39 is 0 Å². The maximum atomic E-state index is 12.3. The number of nitrogens with one attached hydrogen (secondary N) is 1. The van der Waals surface area contributed by atoms with Gasteiger partial charge in [-0.05, 0) is 18.9 Å². The monoisotopic (exact) mass is 248 g/mol. The first-order valence-electron chi connectivity index (χ1n) is 6.50. The van der Waals surface area contributed by atoms with E-state index in [4.69, 9.17) is 5.73 Å². The van der Waals surface area contributed by atoms with Crippen LogP contribution in [0.5, 0.6) is 0 Å². The lowest BCUT2D eigenvalue weighted by Gasteiger charge is -2.34. The summed E-state index contributed by atoms with van der Waals surface area (Å²) in [6.07, 6.45) is 8.37. The average Bonchev–Trinajstić information content (AvgIpc) is 2.46. The molecule has 1 aliphatic rings. The molecule has 0 aliphatic heterocycles. The van der Waals surface area contributed by atoms with Crippen LogP contribution in [-0.4, -0.2) is 22.4 Å². The van der Waals surface area contributed by atoms with Gasteiger partial charge in [0.05, 0.1) is 17.7 Å². The zero-order valence-electron chi connectivity index (χ0n) is 10.6. The molecule has 0 radical (unpaired) electrons. The Hall–Kier alpha value is -1.49. The lowest BCUT2D eigenvalue weighted by atomic mass is 9.73. The first-order chi connectivity index (χ1) is 8.77. The van der Waals surface area contributed by atoms with Crippen molar-refractivity contribution in [1.82, 2.24) is 15.3 Å². The zero-order chi connectivity index (χ0) is 12.8. The van der Waals surface area contributed by atoms with E-state index in [1.54, 1.807) is 12.3 Å². The third kappa shape index (κ3) is 2.85. The molecule has 0 saturated heterocycles. The normalized spacial score (nSPS) is 18.3. The predicted octanol–water partition coefficient (Wildman–Crippen LogP) is 1.00. The van der Waals surface area contributed by atoms with Crippen LogP contribution in [0.1, 0.15) is 37.8 Å². The van der Waals surface area contributed by atoms with Crippen molar-refractivity contribution in [3.05, 3.63) is 24.3 Å². The fourth-order valence-corrected chi connectivity index (χ4v) is 2.53. The molecular formula is C13H20N4O. The fraction of sp³-hybridized carbons (Fsp3) is 0.615. The van der Waals surface area contributed by atoms with Crippen LogP contribution < -0.4 is 11.1 Å². The van der Waals surface area contributed by atoms with E-state index in [-0.39, 0.29) is 11.3 Å². The topological polar surface area (TPSA) is 80.9 Å². The minimum atomic E-state index is -0.356. The molecule has 1 aliphatic carbocycles. The summed E-state index contributed by atoms with van der Waals surface area (Å²) >= 11 is 0. The molecule has 1 heterocycles. The molecule has 2 rings (SSSR count). The molecular weight excluding hydrogens is 228 g/mol. The lowest BCUT2D eigenvalue weighted by molar-refractivity contribution is -0.132. The van der Waals surface area contributed by atoms with E-state index in [0.717, 1.165) is 31.4 Å². The summed E-state index contributed by atoms with van der Waals surface area (Å²) in [5.74, 6) is 0.0725. The SMILES string of the molecule is NCC1(C(=O)NCc2ccncn2)CCCCC1. The van der Waals surface area contributed by atoms with Crippen molar-refractivity contribution in [2.24, 2.45) is 11.1 Å². The van der Waals surface area contributed by atoms with Crippen molar-refractivity contribution < 1.29 is 4.79 Å². The Balaban J connectivity index is 1.94. The van der Waals surface area contributed by atoms with Gasteiger partial charge in [-0.3, -0.25) is 4.79 Å². The van der Waals surface area contributed by atoms with Crippen LogP contribution in [0.25, 0.3) is 0 Å². The number of carbonyl (C=O) groups excluding carboxylic acids is 1. The molecule has 1 saturated carbocycles. The Morgan fingerprint density at radius 2 is 2.17 bits per heavy atom. The lowest BCUT2D eigenvalue weighted by Crippen LogP contribution is -2.46. The van der Waals surface area contributed by atoms with Gasteiger partial charge in [0.15, 0.2) is 0 Å². The number of rotatable bonds is 4. The summed E-state index contributed by atoms with van der Waals surface area (Å²) in [6, 6.07) is 1.80. The van der Waals surface area contributed by atoms with Crippen molar-refractivity contribution in [2.45, 2.75) is 38.6 Å². The van der Waals surface area contributed by atoms with Crippen LogP contribution in [0.4, 0.5) is 0 Å². The molecule has 0 aromatic carbocycles. The first kappa shape index (κ1) is 13.0. The Morgan fingerprint density at radius 1 is 1.39 bits per heavy atom. The van der Waals surface area contributed by atoms with Gasteiger partial charge in [0.25, 0.3) is 0 Å². The van der Waals surface area contributed by atoms with Crippen LogP contribution in [0.15, 0.2) is 18.6 Å². The molecule has 0 unspecified atom stereocenters. The number of nitrogens with zero attached hydrogens (tertiary/aromatic N) is 2. The molecule has 1 aromatic heterocycles. The number of amides is 1. The molecule has 98 valence electrons. The number of hydrogen-bond donors (Lipinski definition) is 2. The second-order valence-electron chi connectivity index (χ2n) is 4.93. The summed E-state index contributed by atoms with van der Waals surface area (Å²) in [5, 5.41) is 2.95. The summed E-state index contributed by atoms with van der Waals surface area (Å²) in [7, 11) is 0. The molecule has 5 nitrogen and oxygen atoms in total. The van der Waals surface area contributed by atoms with E-state index in [1.165, 1.54) is 12.7 Å². The summed E-state index contributed by atoms with van der Waals surface area (Å²) < 4.78 is 0. The molecule has 18 heavy (non-hydrogen) atoms. The summed E-state index contributed by atoms with van der Waals surface area (Å²) in [6.45, 7) is 0.881. The average molecular weight is 248 g/mol. The molecule has 1 aromatic rings.